The van der Waals surface area contributed by atoms with Gasteiger partial charge in [-0.2, -0.15) is 0 Å². The number of rotatable bonds is 6. The topological polar surface area (TPSA) is 50.7 Å². The molecule has 5 heteroatoms. The molecule has 4 nitrogen and oxygen atoms in total. The molecule has 0 saturated carbocycles. The van der Waals surface area contributed by atoms with Gasteiger partial charge in [0, 0.05) is 36.2 Å². The van der Waals surface area contributed by atoms with Gasteiger partial charge in [0.25, 0.3) is 0 Å². The Morgan fingerprint density at radius 3 is 3.10 bits per heavy atom. The highest BCUT2D eigenvalue weighted by atomic mass is 79.9. The first-order valence-electron chi connectivity index (χ1n) is 6.48. The van der Waals surface area contributed by atoms with Crippen LogP contribution in [-0.2, 0) is 11.3 Å². The van der Waals surface area contributed by atoms with E-state index in [9.17, 15) is 5.11 Å². The van der Waals surface area contributed by atoms with Crippen molar-refractivity contribution >= 4 is 15.9 Å². The maximum Gasteiger partial charge on any atom is 0.148 e. The Hall–Kier alpha value is -1.06. The quantitative estimate of drug-likeness (QED) is 0.774. The van der Waals surface area contributed by atoms with E-state index in [-0.39, 0.29) is 6.61 Å². The summed E-state index contributed by atoms with van der Waals surface area (Å²) < 4.78 is 11.7. The maximum atomic E-state index is 10.2. The van der Waals surface area contributed by atoms with Crippen molar-refractivity contribution in [3.8, 4) is 18.1 Å². The summed E-state index contributed by atoms with van der Waals surface area (Å²) in [6.07, 6.45) is 5.88. The van der Waals surface area contributed by atoms with E-state index >= 15 is 0 Å². The van der Waals surface area contributed by atoms with Crippen molar-refractivity contribution in [1.82, 2.24) is 5.32 Å². The first-order valence-corrected chi connectivity index (χ1v) is 7.28. The van der Waals surface area contributed by atoms with Gasteiger partial charge in [-0.1, -0.05) is 21.9 Å². The van der Waals surface area contributed by atoms with E-state index in [0.29, 0.717) is 32.7 Å². The maximum absolute atomic E-state index is 10.2. The fourth-order valence-electron chi connectivity index (χ4n) is 2.11. The second kappa shape index (κ2) is 7.09. The molecule has 0 spiro atoms. The largest absolute Gasteiger partial charge is 0.481 e. The number of hydrogen-bond acceptors (Lipinski definition) is 4. The van der Waals surface area contributed by atoms with Crippen LogP contribution in [0.15, 0.2) is 22.7 Å². The summed E-state index contributed by atoms with van der Waals surface area (Å²) in [6.45, 7) is 2.34. The molecule has 2 rings (SSSR count). The minimum atomic E-state index is -0.758. The van der Waals surface area contributed by atoms with E-state index < -0.39 is 5.60 Å². The zero-order valence-corrected chi connectivity index (χ0v) is 12.8. The van der Waals surface area contributed by atoms with E-state index in [4.69, 9.17) is 15.9 Å². The molecule has 1 saturated heterocycles. The van der Waals surface area contributed by atoms with Gasteiger partial charge in [-0.05, 0) is 18.2 Å². The Morgan fingerprint density at radius 2 is 2.40 bits per heavy atom. The summed E-state index contributed by atoms with van der Waals surface area (Å²) in [6, 6.07) is 5.77. The Kier molecular flexibility index (Phi) is 5.44. The fourth-order valence-corrected chi connectivity index (χ4v) is 2.52. The van der Waals surface area contributed by atoms with E-state index in [0.717, 1.165) is 15.8 Å². The second-order valence-corrected chi connectivity index (χ2v) is 5.79. The van der Waals surface area contributed by atoms with Gasteiger partial charge >= 0.3 is 0 Å². The van der Waals surface area contributed by atoms with Crippen LogP contribution >= 0.6 is 15.9 Å². The van der Waals surface area contributed by atoms with Crippen LogP contribution in [0.5, 0.6) is 5.75 Å². The zero-order valence-electron chi connectivity index (χ0n) is 11.2. The first kappa shape index (κ1) is 15.3. The fraction of sp³-hybridized carbons (Fsp3) is 0.467. The number of benzene rings is 1. The minimum absolute atomic E-state index is 0.242. The van der Waals surface area contributed by atoms with Gasteiger partial charge in [-0.3, -0.25) is 0 Å². The summed E-state index contributed by atoms with van der Waals surface area (Å²) >= 11 is 3.44. The van der Waals surface area contributed by atoms with E-state index in [1.54, 1.807) is 0 Å². The van der Waals surface area contributed by atoms with Gasteiger partial charge in [0.1, 0.15) is 18.0 Å². The summed E-state index contributed by atoms with van der Waals surface area (Å²) in [5, 5.41) is 13.4. The molecule has 1 aliphatic heterocycles. The Labute approximate surface area is 127 Å². The van der Waals surface area contributed by atoms with Crippen LogP contribution in [-0.4, -0.2) is 37.1 Å². The molecule has 1 aliphatic rings. The summed E-state index contributed by atoms with van der Waals surface area (Å²) in [5.74, 6) is 3.21. The van der Waals surface area contributed by atoms with Crippen LogP contribution in [0.3, 0.4) is 0 Å². The number of halogens is 1. The smallest absolute Gasteiger partial charge is 0.148 e. The van der Waals surface area contributed by atoms with Gasteiger partial charge in [-0.25, -0.2) is 0 Å². The SMILES string of the molecule is C#CCOc1ccc(Br)cc1CNCC1(O)CCOC1. The van der Waals surface area contributed by atoms with Crippen molar-refractivity contribution < 1.29 is 14.6 Å². The molecule has 0 radical (unpaired) electrons. The summed E-state index contributed by atoms with van der Waals surface area (Å²) in [4.78, 5) is 0. The summed E-state index contributed by atoms with van der Waals surface area (Å²) in [7, 11) is 0. The molecule has 0 bridgehead atoms. The molecule has 108 valence electrons. The average Bonchev–Trinajstić information content (AvgIpc) is 2.85. The Morgan fingerprint density at radius 1 is 1.55 bits per heavy atom. The van der Waals surface area contributed by atoms with Crippen molar-refractivity contribution in [2.45, 2.75) is 18.6 Å². The first-order chi connectivity index (χ1) is 9.63. The van der Waals surface area contributed by atoms with E-state index in [2.05, 4.69) is 27.2 Å². The molecule has 1 aromatic carbocycles. The van der Waals surface area contributed by atoms with Gasteiger partial charge in [0.05, 0.1) is 6.61 Å². The van der Waals surface area contributed by atoms with Crippen LogP contribution in [0.2, 0.25) is 0 Å². The van der Waals surface area contributed by atoms with E-state index in [1.165, 1.54) is 0 Å². The zero-order chi connectivity index (χ0) is 14.4. The lowest BCUT2D eigenvalue weighted by Crippen LogP contribution is -2.40. The molecule has 0 aliphatic carbocycles. The number of terminal acetylenes is 1. The highest BCUT2D eigenvalue weighted by molar-refractivity contribution is 9.10. The van der Waals surface area contributed by atoms with Crippen LogP contribution in [0.25, 0.3) is 0 Å². The minimum Gasteiger partial charge on any atom is -0.481 e. The predicted molar refractivity (Wildman–Crippen MR) is 80.6 cm³/mol. The number of aliphatic hydroxyl groups is 1. The standard InChI is InChI=1S/C15H18BrNO3/c1-2-6-20-14-4-3-13(16)8-12(14)9-17-10-15(18)5-7-19-11-15/h1,3-4,8,17-18H,5-7,9-11H2. The molecule has 1 fully saturated rings. The van der Waals surface area contributed by atoms with Gasteiger partial charge < -0.3 is 19.9 Å². The van der Waals surface area contributed by atoms with Crippen LogP contribution in [0, 0.1) is 12.3 Å². The predicted octanol–water partition coefficient (Wildman–Crippen LogP) is 1.70. The van der Waals surface area contributed by atoms with Crippen molar-refractivity contribution in [2.24, 2.45) is 0 Å². The van der Waals surface area contributed by atoms with Crippen LogP contribution < -0.4 is 10.1 Å². The third kappa shape index (κ3) is 4.22. The van der Waals surface area contributed by atoms with Crippen molar-refractivity contribution in [2.75, 3.05) is 26.4 Å². The molecule has 1 unspecified atom stereocenters. The van der Waals surface area contributed by atoms with Crippen molar-refractivity contribution in [3.05, 3.63) is 28.2 Å². The normalized spacial score (nSPS) is 21.6. The van der Waals surface area contributed by atoms with Gasteiger partial charge in [0.15, 0.2) is 0 Å². The van der Waals surface area contributed by atoms with Crippen LogP contribution in [0.4, 0.5) is 0 Å². The van der Waals surface area contributed by atoms with Crippen molar-refractivity contribution in [3.63, 3.8) is 0 Å². The lowest BCUT2D eigenvalue weighted by Gasteiger charge is -2.21. The highest BCUT2D eigenvalue weighted by Gasteiger charge is 2.31. The molecule has 1 aromatic rings. The monoisotopic (exact) mass is 339 g/mol. The van der Waals surface area contributed by atoms with Crippen molar-refractivity contribution in [1.29, 1.82) is 0 Å². The molecular weight excluding hydrogens is 322 g/mol. The van der Waals surface area contributed by atoms with Gasteiger partial charge in [-0.15, -0.1) is 6.42 Å². The van der Waals surface area contributed by atoms with Gasteiger partial charge in [0.2, 0.25) is 0 Å². The second-order valence-electron chi connectivity index (χ2n) is 4.88. The third-order valence-electron chi connectivity index (χ3n) is 3.19. The summed E-state index contributed by atoms with van der Waals surface area (Å²) in [5.41, 5.74) is 0.239. The molecule has 2 N–H and O–H groups in total. The molecule has 1 heterocycles. The highest BCUT2D eigenvalue weighted by Crippen LogP contribution is 2.24. The molecule has 1 atom stereocenters. The van der Waals surface area contributed by atoms with E-state index in [1.807, 2.05) is 18.2 Å². The molecular formula is C15H18BrNO3. The molecule has 0 amide bonds. The lowest BCUT2D eigenvalue weighted by molar-refractivity contribution is 0.0268. The third-order valence-corrected chi connectivity index (χ3v) is 3.68. The molecule has 20 heavy (non-hydrogen) atoms. The number of ether oxygens (including phenoxy) is 2. The lowest BCUT2D eigenvalue weighted by atomic mass is 10.0. The Bertz CT molecular complexity index is 492. The molecule has 0 aromatic heterocycles. The Balaban J connectivity index is 1.93. The van der Waals surface area contributed by atoms with Crippen LogP contribution in [0.1, 0.15) is 12.0 Å². The number of hydrogen-bond donors (Lipinski definition) is 2. The number of nitrogens with one attached hydrogen (secondary N) is 1. The average molecular weight is 340 g/mol.